The maximum absolute atomic E-state index is 12.4. The lowest BCUT2D eigenvalue weighted by Gasteiger charge is -2.33. The first-order valence-electron chi connectivity index (χ1n) is 7.70. The van der Waals surface area contributed by atoms with Crippen LogP contribution in [0.1, 0.15) is 64.2 Å². The van der Waals surface area contributed by atoms with Gasteiger partial charge in [-0.25, -0.2) is 0 Å². The lowest BCUT2D eigenvalue weighted by molar-refractivity contribution is -0.137. The number of carbonyl (C=O) groups excluding carboxylic acids is 1. The molecule has 1 amide bonds. The molecule has 0 aromatic rings. The Labute approximate surface area is 110 Å². The van der Waals surface area contributed by atoms with Crippen molar-refractivity contribution < 1.29 is 9.90 Å². The summed E-state index contributed by atoms with van der Waals surface area (Å²) in [4.78, 5) is 14.5. The third kappa shape index (κ3) is 2.29. The van der Waals surface area contributed by atoms with Crippen LogP contribution in [0.5, 0.6) is 0 Å². The minimum Gasteiger partial charge on any atom is -0.389 e. The molecule has 1 aliphatic heterocycles. The first kappa shape index (κ1) is 12.5. The molecule has 3 rings (SSSR count). The van der Waals surface area contributed by atoms with E-state index in [2.05, 4.69) is 4.90 Å². The van der Waals surface area contributed by atoms with Gasteiger partial charge in [0.05, 0.1) is 12.0 Å². The van der Waals surface area contributed by atoms with E-state index in [-0.39, 0.29) is 5.91 Å². The van der Waals surface area contributed by atoms with E-state index in [1.807, 2.05) is 0 Å². The fourth-order valence-electron chi connectivity index (χ4n) is 4.31. The molecule has 3 nitrogen and oxygen atoms in total. The van der Waals surface area contributed by atoms with E-state index in [0.29, 0.717) is 12.5 Å². The van der Waals surface area contributed by atoms with Crippen molar-refractivity contribution >= 4 is 5.91 Å². The van der Waals surface area contributed by atoms with E-state index < -0.39 is 5.60 Å². The van der Waals surface area contributed by atoms with E-state index >= 15 is 0 Å². The molecule has 0 bridgehead atoms. The molecule has 2 unspecified atom stereocenters. The Morgan fingerprint density at radius 1 is 1.11 bits per heavy atom. The second-order valence-electron chi connectivity index (χ2n) is 6.60. The summed E-state index contributed by atoms with van der Waals surface area (Å²) in [5, 5.41) is 10.4. The summed E-state index contributed by atoms with van der Waals surface area (Å²) in [6.45, 7) is 0.935. The molecule has 3 heteroatoms. The number of likely N-dealkylation sites (tertiary alicyclic amines) is 1. The first-order chi connectivity index (χ1) is 8.68. The molecule has 2 aliphatic carbocycles. The van der Waals surface area contributed by atoms with Crippen molar-refractivity contribution in [1.29, 1.82) is 0 Å². The van der Waals surface area contributed by atoms with Crippen LogP contribution in [0.2, 0.25) is 0 Å². The van der Waals surface area contributed by atoms with Crippen LogP contribution in [-0.4, -0.2) is 34.1 Å². The van der Waals surface area contributed by atoms with Crippen LogP contribution in [0, 0.1) is 5.92 Å². The zero-order chi connectivity index (χ0) is 12.6. The van der Waals surface area contributed by atoms with Crippen LogP contribution in [0.25, 0.3) is 0 Å². The minimum atomic E-state index is -0.677. The Hall–Kier alpha value is -0.570. The lowest BCUT2D eigenvalue weighted by Crippen LogP contribution is -2.42. The lowest BCUT2D eigenvalue weighted by atomic mass is 9.85. The van der Waals surface area contributed by atoms with Crippen LogP contribution in [0.3, 0.4) is 0 Å². The summed E-state index contributed by atoms with van der Waals surface area (Å²) in [7, 11) is 0. The topological polar surface area (TPSA) is 40.5 Å². The zero-order valence-electron chi connectivity index (χ0n) is 11.2. The number of carbonyl (C=O) groups is 1. The van der Waals surface area contributed by atoms with Gasteiger partial charge in [-0.2, -0.15) is 0 Å². The van der Waals surface area contributed by atoms with Gasteiger partial charge in [0, 0.05) is 12.6 Å². The predicted molar refractivity (Wildman–Crippen MR) is 70.1 cm³/mol. The fourth-order valence-corrected chi connectivity index (χ4v) is 4.31. The number of amides is 1. The summed E-state index contributed by atoms with van der Waals surface area (Å²) in [6, 6.07) is 0.497. The van der Waals surface area contributed by atoms with Crippen molar-refractivity contribution in [3.8, 4) is 0 Å². The summed E-state index contributed by atoms with van der Waals surface area (Å²) >= 11 is 0. The molecule has 102 valence electrons. The second-order valence-corrected chi connectivity index (χ2v) is 6.60. The van der Waals surface area contributed by atoms with Gasteiger partial charge in [-0.15, -0.1) is 0 Å². The van der Waals surface area contributed by atoms with Crippen molar-refractivity contribution in [3.63, 3.8) is 0 Å². The van der Waals surface area contributed by atoms with E-state index in [0.717, 1.165) is 38.1 Å². The summed E-state index contributed by atoms with van der Waals surface area (Å²) < 4.78 is 0. The maximum atomic E-state index is 12.4. The van der Waals surface area contributed by atoms with Crippen LogP contribution in [0.15, 0.2) is 0 Å². The molecule has 1 heterocycles. The summed E-state index contributed by atoms with van der Waals surface area (Å²) in [5.41, 5.74) is -0.677. The molecule has 1 N–H and O–H groups in total. The molecule has 0 aromatic carbocycles. The molecule has 18 heavy (non-hydrogen) atoms. The third-order valence-corrected chi connectivity index (χ3v) is 5.34. The number of rotatable bonds is 2. The normalized spacial score (nSPS) is 34.6. The minimum absolute atomic E-state index is 0.216. The third-order valence-electron chi connectivity index (χ3n) is 5.34. The number of nitrogens with zero attached hydrogens (tertiary/aromatic N) is 1. The van der Waals surface area contributed by atoms with Gasteiger partial charge in [-0.3, -0.25) is 4.79 Å². The van der Waals surface area contributed by atoms with Gasteiger partial charge in [-0.1, -0.05) is 25.7 Å². The Kier molecular flexibility index (Phi) is 3.35. The highest BCUT2D eigenvalue weighted by Gasteiger charge is 2.41. The molecule has 0 aromatic heterocycles. The molecular weight excluding hydrogens is 226 g/mol. The van der Waals surface area contributed by atoms with Gasteiger partial charge in [0.15, 0.2) is 0 Å². The Bertz CT molecular complexity index is 322. The van der Waals surface area contributed by atoms with Crippen LogP contribution < -0.4 is 0 Å². The van der Waals surface area contributed by atoms with Crippen molar-refractivity contribution in [3.05, 3.63) is 0 Å². The summed E-state index contributed by atoms with van der Waals surface area (Å²) in [6.07, 6.45) is 10.5. The first-order valence-corrected chi connectivity index (χ1v) is 7.70. The molecule has 3 fully saturated rings. The zero-order valence-corrected chi connectivity index (χ0v) is 11.2. The SMILES string of the molecule is O=C(CC1(O)CCCC1)N1CCC2CCCCC21. The molecule has 0 radical (unpaired) electrons. The number of fused-ring (bicyclic) bond motifs is 1. The molecule has 1 saturated heterocycles. The van der Waals surface area contributed by atoms with Gasteiger partial charge in [-0.05, 0) is 38.0 Å². The largest absolute Gasteiger partial charge is 0.389 e. The van der Waals surface area contributed by atoms with Gasteiger partial charge >= 0.3 is 0 Å². The molecular formula is C15H25NO2. The van der Waals surface area contributed by atoms with E-state index in [9.17, 15) is 9.90 Å². The molecule has 2 saturated carbocycles. The highest BCUT2D eigenvalue weighted by atomic mass is 16.3. The average Bonchev–Trinajstić information content (AvgIpc) is 2.95. The van der Waals surface area contributed by atoms with Gasteiger partial charge in [0.25, 0.3) is 0 Å². The van der Waals surface area contributed by atoms with Crippen molar-refractivity contribution in [1.82, 2.24) is 4.90 Å². The van der Waals surface area contributed by atoms with Crippen LogP contribution in [-0.2, 0) is 4.79 Å². The van der Waals surface area contributed by atoms with Gasteiger partial charge < -0.3 is 10.0 Å². The van der Waals surface area contributed by atoms with Crippen molar-refractivity contribution in [2.75, 3.05) is 6.54 Å². The fraction of sp³-hybridized carbons (Fsp3) is 0.933. The maximum Gasteiger partial charge on any atom is 0.225 e. The monoisotopic (exact) mass is 251 g/mol. The predicted octanol–water partition coefficient (Wildman–Crippen LogP) is 2.47. The number of hydrogen-bond acceptors (Lipinski definition) is 2. The number of hydrogen-bond donors (Lipinski definition) is 1. The van der Waals surface area contributed by atoms with E-state index in [1.54, 1.807) is 0 Å². The Morgan fingerprint density at radius 3 is 2.61 bits per heavy atom. The molecule has 2 atom stereocenters. The van der Waals surface area contributed by atoms with Crippen molar-refractivity contribution in [2.45, 2.75) is 75.9 Å². The molecule has 0 spiro atoms. The van der Waals surface area contributed by atoms with E-state index in [1.165, 1.54) is 32.1 Å². The Morgan fingerprint density at radius 2 is 1.83 bits per heavy atom. The second kappa shape index (κ2) is 4.84. The average molecular weight is 251 g/mol. The van der Waals surface area contributed by atoms with Gasteiger partial charge in [0.1, 0.15) is 0 Å². The standard InChI is InChI=1S/C15H25NO2/c17-14(11-15(18)8-3-4-9-15)16-10-7-12-5-1-2-6-13(12)16/h12-13,18H,1-11H2. The Balaban J connectivity index is 1.62. The van der Waals surface area contributed by atoms with E-state index in [4.69, 9.17) is 0 Å². The van der Waals surface area contributed by atoms with Crippen LogP contribution in [0.4, 0.5) is 0 Å². The smallest absolute Gasteiger partial charge is 0.225 e. The van der Waals surface area contributed by atoms with Crippen molar-refractivity contribution in [2.24, 2.45) is 5.92 Å². The quantitative estimate of drug-likeness (QED) is 0.819. The highest BCUT2D eigenvalue weighted by Crippen LogP contribution is 2.38. The van der Waals surface area contributed by atoms with Crippen LogP contribution >= 0.6 is 0 Å². The number of aliphatic hydroxyl groups is 1. The van der Waals surface area contributed by atoms with Gasteiger partial charge in [0.2, 0.25) is 5.91 Å². The highest BCUT2D eigenvalue weighted by molar-refractivity contribution is 5.78. The summed E-state index contributed by atoms with van der Waals surface area (Å²) in [5.74, 6) is 0.967. The molecule has 3 aliphatic rings.